The van der Waals surface area contributed by atoms with Crippen molar-refractivity contribution in [3.8, 4) is 0 Å². The average molecular weight is 301 g/mol. The van der Waals surface area contributed by atoms with Gasteiger partial charge in [-0.15, -0.1) is 11.3 Å². The van der Waals surface area contributed by atoms with Crippen molar-refractivity contribution in [2.45, 2.75) is 32.4 Å². The largest absolute Gasteiger partial charge is 0.480 e. The number of fused-ring (bicyclic) bond motifs is 1. The van der Waals surface area contributed by atoms with Gasteiger partial charge in [-0.05, 0) is 43.5 Å². The summed E-state index contributed by atoms with van der Waals surface area (Å²) in [6, 6.07) is 11.7. The van der Waals surface area contributed by atoms with Gasteiger partial charge in [0.15, 0.2) is 0 Å². The van der Waals surface area contributed by atoms with Gasteiger partial charge in [-0.25, -0.2) is 0 Å². The molecule has 1 aliphatic heterocycles. The van der Waals surface area contributed by atoms with E-state index < -0.39 is 12.0 Å². The maximum absolute atomic E-state index is 11.8. The molecule has 0 saturated heterocycles. The Morgan fingerprint density at radius 3 is 2.76 bits per heavy atom. The van der Waals surface area contributed by atoms with Crippen LogP contribution in [-0.4, -0.2) is 22.5 Å². The van der Waals surface area contributed by atoms with Crippen molar-refractivity contribution >= 4 is 17.3 Å². The van der Waals surface area contributed by atoms with E-state index in [0.717, 1.165) is 24.1 Å². The van der Waals surface area contributed by atoms with Gasteiger partial charge in [0.1, 0.15) is 6.04 Å². The fraction of sp³-hybridized carbons (Fsp3) is 0.353. The molecule has 2 unspecified atom stereocenters. The Balaban J connectivity index is 1.97. The van der Waals surface area contributed by atoms with E-state index >= 15 is 0 Å². The van der Waals surface area contributed by atoms with Gasteiger partial charge in [0.2, 0.25) is 0 Å². The van der Waals surface area contributed by atoms with Gasteiger partial charge >= 0.3 is 5.97 Å². The third kappa shape index (κ3) is 2.61. The van der Waals surface area contributed by atoms with E-state index in [-0.39, 0.29) is 6.04 Å². The molecule has 1 aliphatic rings. The standard InChI is InChI=1S/C17H19NO2S/c1-11-7-8-15(21-11)12(2)18-10-9-13-5-3-4-6-14(13)16(18)17(19)20/h3-8,12,16H,9-10H2,1-2H3,(H,19,20). The first kappa shape index (κ1) is 14.3. The van der Waals surface area contributed by atoms with Gasteiger partial charge < -0.3 is 5.11 Å². The molecule has 3 nitrogen and oxygen atoms in total. The minimum absolute atomic E-state index is 0.123. The highest BCUT2D eigenvalue weighted by Gasteiger charge is 2.36. The molecule has 3 rings (SSSR count). The van der Waals surface area contributed by atoms with Crippen LogP contribution in [0.4, 0.5) is 0 Å². The van der Waals surface area contributed by atoms with Crippen molar-refractivity contribution in [3.63, 3.8) is 0 Å². The summed E-state index contributed by atoms with van der Waals surface area (Å²) in [6.07, 6.45) is 0.911. The topological polar surface area (TPSA) is 40.5 Å². The molecule has 1 N–H and O–H groups in total. The number of rotatable bonds is 3. The third-order valence-corrected chi connectivity index (χ3v) is 5.40. The molecular formula is C17H19NO2S. The molecule has 0 radical (unpaired) electrons. The van der Waals surface area contributed by atoms with Crippen LogP contribution in [0.15, 0.2) is 36.4 Å². The number of nitrogens with zero attached hydrogens (tertiary/aromatic N) is 1. The first-order chi connectivity index (χ1) is 10.1. The number of carbonyl (C=O) groups is 1. The second-order valence-corrected chi connectivity index (χ2v) is 6.87. The van der Waals surface area contributed by atoms with Gasteiger partial charge in [-0.1, -0.05) is 24.3 Å². The summed E-state index contributed by atoms with van der Waals surface area (Å²) in [5.41, 5.74) is 2.10. The number of hydrogen-bond donors (Lipinski definition) is 1. The summed E-state index contributed by atoms with van der Waals surface area (Å²) in [4.78, 5) is 16.4. The van der Waals surface area contributed by atoms with E-state index in [2.05, 4.69) is 30.9 Å². The summed E-state index contributed by atoms with van der Waals surface area (Å²) in [5.74, 6) is -0.762. The zero-order valence-electron chi connectivity index (χ0n) is 12.2. The molecule has 1 aromatic carbocycles. The summed E-state index contributed by atoms with van der Waals surface area (Å²) >= 11 is 1.75. The van der Waals surface area contributed by atoms with E-state index in [9.17, 15) is 9.90 Å². The molecule has 110 valence electrons. The molecular weight excluding hydrogens is 282 g/mol. The molecule has 2 aromatic rings. The van der Waals surface area contributed by atoms with E-state index in [0.29, 0.717) is 0 Å². The molecule has 0 aliphatic carbocycles. The van der Waals surface area contributed by atoms with Crippen LogP contribution in [0, 0.1) is 6.92 Å². The lowest BCUT2D eigenvalue weighted by Crippen LogP contribution is -2.41. The molecule has 2 heterocycles. The SMILES string of the molecule is Cc1ccc(C(C)N2CCc3ccccc3C2C(=O)O)s1. The Bertz CT molecular complexity index is 664. The number of aryl methyl sites for hydroxylation is 1. The highest BCUT2D eigenvalue weighted by Crippen LogP contribution is 2.37. The van der Waals surface area contributed by atoms with Crippen LogP contribution >= 0.6 is 11.3 Å². The van der Waals surface area contributed by atoms with Gasteiger partial charge in [0.05, 0.1) is 0 Å². The summed E-state index contributed by atoms with van der Waals surface area (Å²) in [6.45, 7) is 4.97. The zero-order chi connectivity index (χ0) is 15.0. The Labute approximate surface area is 128 Å². The second kappa shape index (κ2) is 5.62. The predicted molar refractivity (Wildman–Crippen MR) is 84.7 cm³/mol. The van der Waals surface area contributed by atoms with Crippen molar-refractivity contribution < 1.29 is 9.90 Å². The van der Waals surface area contributed by atoms with Crippen LogP contribution in [-0.2, 0) is 11.2 Å². The minimum Gasteiger partial charge on any atom is -0.480 e. The molecule has 0 amide bonds. The normalized spacial score (nSPS) is 20.0. The fourth-order valence-corrected chi connectivity index (χ4v) is 4.07. The van der Waals surface area contributed by atoms with E-state index in [1.165, 1.54) is 9.75 Å². The maximum Gasteiger partial charge on any atom is 0.325 e. The molecule has 0 fully saturated rings. The Kier molecular flexibility index (Phi) is 3.83. The molecule has 1 aromatic heterocycles. The van der Waals surface area contributed by atoms with Gasteiger partial charge in [0.25, 0.3) is 0 Å². The Morgan fingerprint density at radius 1 is 1.33 bits per heavy atom. The van der Waals surface area contributed by atoms with E-state index in [1.807, 2.05) is 24.3 Å². The van der Waals surface area contributed by atoms with Crippen LogP contribution in [0.25, 0.3) is 0 Å². The first-order valence-electron chi connectivity index (χ1n) is 7.20. The van der Waals surface area contributed by atoms with Crippen molar-refractivity contribution in [1.29, 1.82) is 0 Å². The molecule has 2 atom stereocenters. The number of aliphatic carboxylic acids is 1. The maximum atomic E-state index is 11.8. The second-order valence-electron chi connectivity index (χ2n) is 5.55. The summed E-state index contributed by atoms with van der Waals surface area (Å²) in [5, 5.41) is 9.72. The summed E-state index contributed by atoms with van der Waals surface area (Å²) < 4.78 is 0. The molecule has 0 spiro atoms. The molecule has 4 heteroatoms. The first-order valence-corrected chi connectivity index (χ1v) is 8.02. The molecule has 0 saturated carbocycles. The van der Waals surface area contributed by atoms with Crippen molar-refractivity contribution in [3.05, 3.63) is 57.3 Å². The summed E-state index contributed by atoms with van der Waals surface area (Å²) in [7, 11) is 0. The van der Waals surface area contributed by atoms with Crippen LogP contribution < -0.4 is 0 Å². The highest BCUT2D eigenvalue weighted by atomic mass is 32.1. The lowest BCUT2D eigenvalue weighted by molar-refractivity contribution is -0.145. The third-order valence-electron chi connectivity index (χ3n) is 4.22. The van der Waals surface area contributed by atoms with Gasteiger partial charge in [-0.2, -0.15) is 0 Å². The van der Waals surface area contributed by atoms with Crippen LogP contribution in [0.2, 0.25) is 0 Å². The van der Waals surface area contributed by atoms with Crippen molar-refractivity contribution in [1.82, 2.24) is 4.90 Å². The quantitative estimate of drug-likeness (QED) is 0.937. The van der Waals surface area contributed by atoms with Crippen molar-refractivity contribution in [2.75, 3.05) is 6.54 Å². The van der Waals surface area contributed by atoms with E-state index in [4.69, 9.17) is 0 Å². The number of carboxylic acid groups (broad SMARTS) is 1. The number of thiophene rings is 1. The lowest BCUT2D eigenvalue weighted by atomic mass is 9.91. The molecule has 21 heavy (non-hydrogen) atoms. The van der Waals surface area contributed by atoms with Crippen LogP contribution in [0.5, 0.6) is 0 Å². The van der Waals surface area contributed by atoms with Crippen LogP contribution in [0.3, 0.4) is 0 Å². The highest BCUT2D eigenvalue weighted by molar-refractivity contribution is 7.12. The van der Waals surface area contributed by atoms with E-state index in [1.54, 1.807) is 11.3 Å². The predicted octanol–water partition coefficient (Wildman–Crippen LogP) is 3.80. The van der Waals surface area contributed by atoms with Gasteiger partial charge in [-0.3, -0.25) is 9.69 Å². The zero-order valence-corrected chi connectivity index (χ0v) is 13.1. The van der Waals surface area contributed by atoms with Gasteiger partial charge in [0, 0.05) is 22.3 Å². The minimum atomic E-state index is -0.762. The fourth-order valence-electron chi connectivity index (χ4n) is 3.12. The number of hydrogen-bond acceptors (Lipinski definition) is 3. The lowest BCUT2D eigenvalue weighted by Gasteiger charge is -2.38. The smallest absolute Gasteiger partial charge is 0.325 e. The van der Waals surface area contributed by atoms with Crippen LogP contribution in [0.1, 0.15) is 39.9 Å². The Hall–Kier alpha value is -1.65. The average Bonchev–Trinajstić information content (AvgIpc) is 2.91. The number of benzene rings is 1. The monoisotopic (exact) mass is 301 g/mol. The molecule has 0 bridgehead atoms. The van der Waals surface area contributed by atoms with Crippen molar-refractivity contribution in [2.24, 2.45) is 0 Å². The number of carboxylic acids is 1. The Morgan fingerprint density at radius 2 is 2.10 bits per heavy atom.